The number of nitro groups is 1. The van der Waals surface area contributed by atoms with Gasteiger partial charge >= 0.3 is 5.97 Å². The molecule has 0 atom stereocenters. The zero-order valence-corrected chi connectivity index (χ0v) is 13.9. The fraction of sp³-hybridized carbons (Fsp3) is 0. The molecule has 0 aliphatic carbocycles. The number of non-ortho nitro benzene ring substituents is 1. The van der Waals surface area contributed by atoms with E-state index in [0.717, 1.165) is 6.07 Å². The first-order chi connectivity index (χ1) is 11.8. The third-order valence-corrected chi connectivity index (χ3v) is 3.57. The van der Waals surface area contributed by atoms with Gasteiger partial charge in [-0.25, -0.2) is 4.79 Å². The van der Waals surface area contributed by atoms with E-state index in [-0.39, 0.29) is 32.6 Å². The molecule has 3 N–H and O–H groups in total. The van der Waals surface area contributed by atoms with Crippen LogP contribution >= 0.6 is 23.8 Å². The molecule has 0 spiro atoms. The molecule has 0 aliphatic heterocycles. The normalized spacial score (nSPS) is 9.96. The Hall–Kier alpha value is -3.04. The number of nitro benzene ring substituents is 1. The Morgan fingerprint density at radius 1 is 1.16 bits per heavy atom. The van der Waals surface area contributed by atoms with E-state index in [0.29, 0.717) is 0 Å². The molecular weight excluding hydrogens is 370 g/mol. The molecule has 0 saturated heterocycles. The Morgan fingerprint density at radius 2 is 1.84 bits per heavy atom. The van der Waals surface area contributed by atoms with Gasteiger partial charge in [0.05, 0.1) is 26.8 Å². The van der Waals surface area contributed by atoms with Gasteiger partial charge in [-0.15, -0.1) is 0 Å². The highest BCUT2D eigenvalue weighted by Gasteiger charge is 2.17. The second-order valence-electron chi connectivity index (χ2n) is 4.68. The largest absolute Gasteiger partial charge is 0.478 e. The maximum atomic E-state index is 12.2. The molecule has 1 amide bonds. The van der Waals surface area contributed by atoms with E-state index < -0.39 is 16.8 Å². The summed E-state index contributed by atoms with van der Waals surface area (Å²) in [5.41, 5.74) is -0.283. The van der Waals surface area contributed by atoms with E-state index in [1.807, 2.05) is 0 Å². The summed E-state index contributed by atoms with van der Waals surface area (Å²) in [5, 5.41) is 24.6. The SMILES string of the molecule is O=C(NC(=S)Nc1ccccc1C(=O)O)c1cc([N+](=O)[O-])ccc1Cl. The van der Waals surface area contributed by atoms with Gasteiger partial charge in [0, 0.05) is 12.1 Å². The van der Waals surface area contributed by atoms with Gasteiger partial charge in [-0.3, -0.25) is 20.2 Å². The average molecular weight is 380 g/mol. The van der Waals surface area contributed by atoms with E-state index in [4.69, 9.17) is 28.9 Å². The molecule has 2 aromatic rings. The number of amides is 1. The van der Waals surface area contributed by atoms with Crippen molar-refractivity contribution in [3.63, 3.8) is 0 Å². The predicted molar refractivity (Wildman–Crippen MR) is 95.2 cm³/mol. The summed E-state index contributed by atoms with van der Waals surface area (Å²) in [4.78, 5) is 33.5. The van der Waals surface area contributed by atoms with Crippen LogP contribution in [0.5, 0.6) is 0 Å². The quantitative estimate of drug-likeness (QED) is 0.424. The summed E-state index contributed by atoms with van der Waals surface area (Å²) in [6, 6.07) is 9.39. The number of thiocarbonyl (C=S) groups is 1. The summed E-state index contributed by atoms with van der Waals surface area (Å²) in [6.07, 6.45) is 0. The molecular formula is C15H10ClN3O5S. The highest BCUT2D eigenvalue weighted by atomic mass is 35.5. The van der Waals surface area contributed by atoms with Gasteiger partial charge in [-0.05, 0) is 30.4 Å². The van der Waals surface area contributed by atoms with Gasteiger partial charge in [0.2, 0.25) is 0 Å². The number of carbonyl (C=O) groups excluding carboxylic acids is 1. The van der Waals surface area contributed by atoms with Crippen LogP contribution in [-0.2, 0) is 0 Å². The second kappa shape index (κ2) is 7.69. The van der Waals surface area contributed by atoms with Gasteiger partial charge in [0.1, 0.15) is 0 Å². The van der Waals surface area contributed by atoms with Crippen LogP contribution in [0.4, 0.5) is 11.4 Å². The van der Waals surface area contributed by atoms with E-state index in [2.05, 4.69) is 10.6 Å². The zero-order valence-electron chi connectivity index (χ0n) is 12.4. The first kappa shape index (κ1) is 18.3. The van der Waals surface area contributed by atoms with Crippen LogP contribution in [0.3, 0.4) is 0 Å². The fourth-order valence-corrected chi connectivity index (χ4v) is 2.31. The molecule has 10 heteroatoms. The van der Waals surface area contributed by atoms with E-state index >= 15 is 0 Å². The monoisotopic (exact) mass is 379 g/mol. The van der Waals surface area contributed by atoms with Crippen molar-refractivity contribution in [3.05, 3.63) is 68.7 Å². The number of carboxylic acid groups (broad SMARTS) is 1. The molecule has 0 unspecified atom stereocenters. The molecule has 0 radical (unpaired) electrons. The van der Waals surface area contributed by atoms with Crippen LogP contribution in [0.2, 0.25) is 5.02 Å². The highest BCUT2D eigenvalue weighted by Crippen LogP contribution is 2.22. The van der Waals surface area contributed by atoms with E-state index in [1.165, 1.54) is 24.3 Å². The molecule has 0 bridgehead atoms. The van der Waals surface area contributed by atoms with Gasteiger partial charge in [-0.2, -0.15) is 0 Å². The number of nitrogens with one attached hydrogen (secondary N) is 2. The second-order valence-corrected chi connectivity index (χ2v) is 5.50. The summed E-state index contributed by atoms with van der Waals surface area (Å²) >= 11 is 10.9. The lowest BCUT2D eigenvalue weighted by Gasteiger charge is -2.12. The van der Waals surface area contributed by atoms with Crippen molar-refractivity contribution >= 4 is 52.2 Å². The minimum Gasteiger partial charge on any atom is -0.478 e. The van der Waals surface area contributed by atoms with Gasteiger partial charge in [-0.1, -0.05) is 23.7 Å². The molecule has 2 rings (SSSR count). The summed E-state index contributed by atoms with van der Waals surface area (Å²) in [5.74, 6) is -1.93. The minimum atomic E-state index is -1.17. The van der Waals surface area contributed by atoms with E-state index in [9.17, 15) is 19.7 Å². The maximum Gasteiger partial charge on any atom is 0.337 e. The van der Waals surface area contributed by atoms with Crippen molar-refractivity contribution in [2.45, 2.75) is 0 Å². The molecule has 0 fully saturated rings. The van der Waals surface area contributed by atoms with Crippen LogP contribution in [0.25, 0.3) is 0 Å². The van der Waals surface area contributed by atoms with Crippen molar-refractivity contribution in [1.82, 2.24) is 5.32 Å². The first-order valence-corrected chi connectivity index (χ1v) is 7.47. The van der Waals surface area contributed by atoms with Crippen LogP contribution in [-0.4, -0.2) is 27.0 Å². The number of hydrogen-bond acceptors (Lipinski definition) is 5. The third kappa shape index (κ3) is 4.49. The zero-order chi connectivity index (χ0) is 18.6. The Bertz CT molecular complexity index is 887. The van der Waals surface area contributed by atoms with Crippen LogP contribution in [0.15, 0.2) is 42.5 Å². The number of aromatic carboxylic acids is 1. The van der Waals surface area contributed by atoms with E-state index in [1.54, 1.807) is 12.1 Å². The number of carboxylic acids is 1. The summed E-state index contributed by atoms with van der Waals surface area (Å²) < 4.78 is 0. The molecule has 25 heavy (non-hydrogen) atoms. The number of nitrogens with zero attached hydrogens (tertiary/aromatic N) is 1. The van der Waals surface area contributed by atoms with Crippen molar-refractivity contribution in [1.29, 1.82) is 0 Å². The van der Waals surface area contributed by atoms with Gasteiger partial charge < -0.3 is 10.4 Å². The summed E-state index contributed by atoms with van der Waals surface area (Å²) in [6.45, 7) is 0. The number of benzene rings is 2. The van der Waals surface area contributed by atoms with Gasteiger partial charge in [0.15, 0.2) is 5.11 Å². The predicted octanol–water partition coefficient (Wildman–Crippen LogP) is 3.07. The number of halogens is 1. The van der Waals surface area contributed by atoms with Crippen LogP contribution < -0.4 is 10.6 Å². The number of anilines is 1. The smallest absolute Gasteiger partial charge is 0.337 e. The fourth-order valence-electron chi connectivity index (χ4n) is 1.90. The summed E-state index contributed by atoms with van der Waals surface area (Å²) in [7, 11) is 0. The van der Waals surface area contributed by atoms with Crippen molar-refractivity contribution in [2.75, 3.05) is 5.32 Å². The topological polar surface area (TPSA) is 122 Å². The van der Waals surface area contributed by atoms with Crippen LogP contribution in [0, 0.1) is 10.1 Å². The van der Waals surface area contributed by atoms with Crippen molar-refractivity contribution < 1.29 is 19.6 Å². The first-order valence-electron chi connectivity index (χ1n) is 6.68. The average Bonchev–Trinajstić information content (AvgIpc) is 2.55. The Balaban J connectivity index is 2.16. The minimum absolute atomic E-state index is 0.0110. The molecule has 0 aliphatic rings. The molecule has 8 nitrogen and oxygen atoms in total. The molecule has 0 saturated carbocycles. The standard InChI is InChI=1S/C15H10ClN3O5S/c16-11-6-5-8(19(23)24)7-10(11)13(20)18-15(25)17-12-4-2-1-3-9(12)14(21)22/h1-7H,(H,21,22)(H2,17,18,20,25). The maximum absolute atomic E-state index is 12.2. The highest BCUT2D eigenvalue weighted by molar-refractivity contribution is 7.80. The Morgan fingerprint density at radius 3 is 2.48 bits per heavy atom. The lowest BCUT2D eigenvalue weighted by Crippen LogP contribution is -2.34. The number of carbonyl (C=O) groups is 2. The number of hydrogen-bond donors (Lipinski definition) is 3. The lowest BCUT2D eigenvalue weighted by molar-refractivity contribution is -0.384. The van der Waals surface area contributed by atoms with Crippen molar-refractivity contribution in [3.8, 4) is 0 Å². The molecule has 0 heterocycles. The lowest BCUT2D eigenvalue weighted by atomic mass is 10.2. The molecule has 2 aromatic carbocycles. The van der Waals surface area contributed by atoms with Crippen LogP contribution in [0.1, 0.15) is 20.7 Å². The third-order valence-electron chi connectivity index (χ3n) is 3.04. The molecule has 0 aromatic heterocycles. The number of rotatable bonds is 4. The Kier molecular flexibility index (Phi) is 5.63. The van der Waals surface area contributed by atoms with Gasteiger partial charge in [0.25, 0.3) is 11.6 Å². The Labute approximate surface area is 151 Å². The van der Waals surface area contributed by atoms with Crippen molar-refractivity contribution in [2.24, 2.45) is 0 Å². The molecule has 128 valence electrons. The number of para-hydroxylation sites is 1.